The van der Waals surface area contributed by atoms with Crippen LogP contribution in [0.1, 0.15) is 77.0 Å². The number of rotatable bonds is 10. The zero-order chi connectivity index (χ0) is 42.0. The summed E-state index contributed by atoms with van der Waals surface area (Å²) in [6.07, 6.45) is 5.85. The third-order valence-electron chi connectivity index (χ3n) is 12.5. The van der Waals surface area contributed by atoms with E-state index in [1.165, 1.54) is 51.3 Å². The van der Waals surface area contributed by atoms with Crippen molar-refractivity contribution in [2.45, 2.75) is 85.4 Å². The first-order chi connectivity index (χ1) is 29.2. The van der Waals surface area contributed by atoms with Crippen molar-refractivity contribution in [2.24, 2.45) is 0 Å². The average molecular weight is 995 g/mol. The normalized spacial score (nSPS) is 11.6. The Hall–Kier alpha value is -5.46. The number of fused-ring (bicyclic) bond motifs is 4. The summed E-state index contributed by atoms with van der Waals surface area (Å²) in [5, 5.41) is 3.72. The van der Waals surface area contributed by atoms with Crippen molar-refractivity contribution in [1.82, 2.24) is 19.5 Å². The van der Waals surface area contributed by atoms with Gasteiger partial charge < -0.3 is 14.0 Å². The van der Waals surface area contributed by atoms with Crippen LogP contribution in [0.3, 0.4) is 0 Å². The molecule has 9 aromatic rings. The first kappa shape index (κ1) is 43.6. The monoisotopic (exact) mass is 995 g/mol. The van der Waals surface area contributed by atoms with Crippen LogP contribution in [-0.2, 0) is 20.1 Å². The number of hydrogen-bond donors (Lipinski definition) is 0. The molecule has 9 rings (SSSR count). The molecule has 0 amide bonds. The Morgan fingerprint density at radius 2 is 1.43 bits per heavy atom. The maximum Gasteiger partial charge on any atom is 0.120 e. The molecule has 5 nitrogen and oxygen atoms in total. The predicted octanol–water partition coefficient (Wildman–Crippen LogP) is 14.3. The molecule has 0 bridgehead atoms. The van der Waals surface area contributed by atoms with Crippen molar-refractivity contribution in [2.75, 3.05) is 0 Å². The van der Waals surface area contributed by atoms with Crippen molar-refractivity contribution in [1.29, 1.82) is 0 Å². The SMILES string of the molecule is CC[Si](CC)(CC)c1ccc(-c2[c-]cccc2)nc1.Cc1c[c-]c(-c2nc3ccncc3n2-c2c(C(C)C)cc(-c3ccccc3)cc2C(C)C)c2oc3ccccc3c12.[Ir]. The van der Waals surface area contributed by atoms with E-state index >= 15 is 0 Å². The van der Waals surface area contributed by atoms with Crippen LogP contribution in [0, 0.1) is 19.1 Å². The van der Waals surface area contributed by atoms with Crippen LogP contribution in [-0.4, -0.2) is 27.6 Å². The molecular formula is C54H54IrN4OSi-2. The topological polar surface area (TPSA) is 56.7 Å². The second kappa shape index (κ2) is 18.7. The second-order valence-corrected chi connectivity index (χ2v) is 21.8. The summed E-state index contributed by atoms with van der Waals surface area (Å²) in [6, 6.07) is 50.8. The molecule has 311 valence electrons. The quantitative estimate of drug-likeness (QED) is 0.101. The van der Waals surface area contributed by atoms with Gasteiger partial charge in [0.05, 0.1) is 36.7 Å². The van der Waals surface area contributed by atoms with E-state index in [4.69, 9.17) is 9.40 Å². The molecule has 0 aliphatic heterocycles. The van der Waals surface area contributed by atoms with Crippen LogP contribution in [0.2, 0.25) is 18.1 Å². The smallest absolute Gasteiger partial charge is 0.120 e. The number of benzene rings is 5. The Kier molecular flexibility index (Phi) is 13.3. The maximum atomic E-state index is 6.54. The van der Waals surface area contributed by atoms with Crippen LogP contribution < -0.4 is 5.19 Å². The minimum Gasteiger partial charge on any atom is -0.501 e. The van der Waals surface area contributed by atoms with Crippen LogP contribution in [0.15, 0.2) is 138 Å². The Morgan fingerprint density at radius 1 is 0.738 bits per heavy atom. The van der Waals surface area contributed by atoms with E-state index in [1.807, 2.05) is 48.8 Å². The molecule has 1 radical (unpaired) electrons. The number of para-hydroxylation sites is 1. The van der Waals surface area contributed by atoms with E-state index in [9.17, 15) is 0 Å². The Labute approximate surface area is 375 Å². The van der Waals surface area contributed by atoms with Gasteiger partial charge in [-0.1, -0.05) is 145 Å². The van der Waals surface area contributed by atoms with Gasteiger partial charge in [0.2, 0.25) is 0 Å². The van der Waals surface area contributed by atoms with E-state index in [2.05, 4.69) is 167 Å². The van der Waals surface area contributed by atoms with Crippen molar-refractivity contribution in [3.05, 3.63) is 163 Å². The molecule has 0 fully saturated rings. The molecule has 0 saturated carbocycles. The number of imidazole rings is 1. The summed E-state index contributed by atoms with van der Waals surface area (Å²) in [5.41, 5.74) is 13.8. The van der Waals surface area contributed by atoms with Crippen LogP contribution >= 0.6 is 0 Å². The fourth-order valence-electron chi connectivity index (χ4n) is 8.81. The molecule has 61 heavy (non-hydrogen) atoms. The van der Waals surface area contributed by atoms with Gasteiger partial charge in [-0.05, 0) is 69.2 Å². The van der Waals surface area contributed by atoms with Crippen LogP contribution in [0.5, 0.6) is 0 Å². The van der Waals surface area contributed by atoms with E-state index in [0.717, 1.165) is 61.2 Å². The Bertz CT molecular complexity index is 2860. The standard InChI is InChI=1S/C37H32N3O.C17H22NSi.Ir/c1-22(2)29-19-26(25-11-7-6-8-12-25)20-30(23(3)4)35(29)40-32-21-38-18-17-31(32)39-37(40)28-16-15-24(5)34-27-13-9-10-14-33(27)41-36(28)34;1-4-19(5-2,6-3)16-12-13-17(18-14-16)15-10-8-7-9-11-15;/h6-15,17-23H,1-5H3;7-10,12-14H,4-6H2,1-3H3;/q2*-1;. The summed E-state index contributed by atoms with van der Waals surface area (Å²) >= 11 is 0. The minimum atomic E-state index is -1.29. The van der Waals surface area contributed by atoms with Crippen LogP contribution in [0.4, 0.5) is 0 Å². The van der Waals surface area contributed by atoms with E-state index in [0.29, 0.717) is 0 Å². The largest absolute Gasteiger partial charge is 0.501 e. The number of hydrogen-bond acceptors (Lipinski definition) is 4. The van der Waals surface area contributed by atoms with Crippen molar-refractivity contribution in [3.8, 4) is 39.5 Å². The van der Waals surface area contributed by atoms with Gasteiger partial charge in [0.25, 0.3) is 0 Å². The summed E-state index contributed by atoms with van der Waals surface area (Å²) in [4.78, 5) is 14.4. The predicted molar refractivity (Wildman–Crippen MR) is 254 cm³/mol. The zero-order valence-corrected chi connectivity index (χ0v) is 39.9. The summed E-state index contributed by atoms with van der Waals surface area (Å²) in [6.45, 7) is 18.2. The Morgan fingerprint density at radius 3 is 2.07 bits per heavy atom. The zero-order valence-electron chi connectivity index (χ0n) is 36.5. The fourth-order valence-corrected chi connectivity index (χ4v) is 12.3. The number of furan rings is 1. The summed E-state index contributed by atoms with van der Waals surface area (Å²) < 4.78 is 8.84. The van der Waals surface area contributed by atoms with Gasteiger partial charge in [-0.3, -0.25) is 9.97 Å². The molecule has 0 saturated heterocycles. The molecule has 5 aromatic carbocycles. The average Bonchev–Trinajstić information content (AvgIpc) is 3.88. The van der Waals surface area contributed by atoms with Gasteiger partial charge in [0, 0.05) is 43.6 Å². The molecule has 0 spiro atoms. The fraction of sp³-hybridized carbons (Fsp3) is 0.241. The third-order valence-corrected chi connectivity index (χ3v) is 18.0. The van der Waals surface area contributed by atoms with Gasteiger partial charge in [0.15, 0.2) is 0 Å². The molecule has 0 unspecified atom stereocenters. The number of nitrogens with zero attached hydrogens (tertiary/aromatic N) is 4. The molecule has 0 N–H and O–H groups in total. The van der Waals surface area contributed by atoms with Gasteiger partial charge in [-0.15, -0.1) is 53.6 Å². The summed E-state index contributed by atoms with van der Waals surface area (Å²) in [5.74, 6) is 1.37. The van der Waals surface area contributed by atoms with E-state index < -0.39 is 8.07 Å². The molecule has 4 heterocycles. The maximum absolute atomic E-state index is 6.54. The summed E-state index contributed by atoms with van der Waals surface area (Å²) in [7, 11) is -1.29. The first-order valence-corrected chi connectivity index (χ1v) is 24.1. The number of pyridine rings is 2. The van der Waals surface area contributed by atoms with E-state index in [1.54, 1.807) is 0 Å². The molecule has 0 aliphatic rings. The molecular weight excluding hydrogens is 941 g/mol. The molecule has 0 atom stereocenters. The first-order valence-electron chi connectivity index (χ1n) is 21.5. The van der Waals surface area contributed by atoms with Gasteiger partial charge in [-0.2, -0.15) is 0 Å². The molecule has 4 aromatic heterocycles. The number of aromatic nitrogens is 4. The van der Waals surface area contributed by atoms with Crippen molar-refractivity contribution in [3.63, 3.8) is 0 Å². The minimum absolute atomic E-state index is 0. The van der Waals surface area contributed by atoms with Gasteiger partial charge >= 0.3 is 0 Å². The molecule has 7 heteroatoms. The molecule has 0 aliphatic carbocycles. The van der Waals surface area contributed by atoms with Gasteiger partial charge in [0.1, 0.15) is 5.58 Å². The third kappa shape index (κ3) is 8.32. The van der Waals surface area contributed by atoms with Crippen molar-refractivity contribution >= 4 is 46.2 Å². The van der Waals surface area contributed by atoms with E-state index in [-0.39, 0.29) is 31.9 Å². The second-order valence-electron chi connectivity index (χ2n) is 16.5. The van der Waals surface area contributed by atoms with Crippen molar-refractivity contribution < 1.29 is 24.5 Å². The van der Waals surface area contributed by atoms with Crippen LogP contribution in [0.25, 0.3) is 72.4 Å². The Balaban J connectivity index is 0.000000237. The van der Waals surface area contributed by atoms with Gasteiger partial charge in [-0.25, -0.2) is 0 Å². The number of aryl methyl sites for hydroxylation is 1.